The minimum absolute atomic E-state index is 0.0373. The normalized spacial score (nSPS) is 28.0. The van der Waals surface area contributed by atoms with E-state index in [-0.39, 0.29) is 28.9 Å². The average molecular weight is 955 g/mol. The van der Waals surface area contributed by atoms with E-state index in [0.29, 0.717) is 39.0 Å². The molecule has 2 amide bonds. The second-order valence-corrected chi connectivity index (χ2v) is 22.8. The highest BCUT2D eigenvalue weighted by molar-refractivity contribution is 7.91. The largest absolute Gasteiger partial charge is 0.471 e. The SMILES string of the molecule is C[C@@H]1CC/C=C\[C@@H]2C[C@@]2(C(=O)NS(=O)(=O)C2(C)CC2)CC(=O)[C@@H]2C[C@@H](Oc3nc4cc(C(=O)OC(C)(C)C)ccc4nc3C(F)(F)F)CN2C(=O)[C@@H](CC(=O)OC(C)(C)C(C)(F)F)[C@H](C)C1. The molecule has 364 valence electrons. The first-order chi connectivity index (χ1) is 30.3. The lowest BCUT2D eigenvalue weighted by Gasteiger charge is -2.34. The van der Waals surface area contributed by atoms with Gasteiger partial charge in [-0.3, -0.25) is 23.9 Å². The lowest BCUT2D eigenvalue weighted by atomic mass is 9.82. The van der Waals surface area contributed by atoms with Crippen LogP contribution in [0.2, 0.25) is 0 Å². The molecule has 1 saturated heterocycles. The summed E-state index contributed by atoms with van der Waals surface area (Å²) in [5.74, 6) is -11.3. The Bertz CT molecular complexity index is 2410. The van der Waals surface area contributed by atoms with Crippen LogP contribution < -0.4 is 9.46 Å². The lowest BCUT2D eigenvalue weighted by Crippen LogP contribution is -2.49. The van der Waals surface area contributed by atoms with Gasteiger partial charge >= 0.3 is 18.1 Å². The van der Waals surface area contributed by atoms with Crippen molar-refractivity contribution in [1.82, 2.24) is 19.6 Å². The number of ether oxygens (including phenoxy) is 3. The number of amides is 2. The van der Waals surface area contributed by atoms with Crippen molar-refractivity contribution in [3.05, 3.63) is 41.6 Å². The van der Waals surface area contributed by atoms with Crippen LogP contribution in [0.4, 0.5) is 22.0 Å². The summed E-state index contributed by atoms with van der Waals surface area (Å²) in [7, 11) is -4.14. The molecule has 6 rings (SSSR count). The number of rotatable bonds is 10. The second kappa shape index (κ2) is 17.7. The molecule has 4 aliphatic rings. The van der Waals surface area contributed by atoms with Crippen LogP contribution in [0.5, 0.6) is 5.88 Å². The topological polar surface area (TPSA) is 188 Å². The molecule has 2 aliphatic carbocycles. The Morgan fingerprint density at radius 2 is 1.61 bits per heavy atom. The number of ketones is 1. The van der Waals surface area contributed by atoms with E-state index in [1.54, 1.807) is 33.8 Å². The van der Waals surface area contributed by atoms with Crippen molar-refractivity contribution in [2.75, 3.05) is 6.54 Å². The van der Waals surface area contributed by atoms with Gasteiger partial charge in [0.15, 0.2) is 11.4 Å². The van der Waals surface area contributed by atoms with Crippen molar-refractivity contribution >= 4 is 50.6 Å². The second-order valence-electron chi connectivity index (χ2n) is 20.6. The van der Waals surface area contributed by atoms with E-state index >= 15 is 0 Å². The first-order valence-electron chi connectivity index (χ1n) is 22.2. The molecule has 2 aromatic rings. The smallest absolute Gasteiger partial charge is 0.438 e. The van der Waals surface area contributed by atoms with Crippen molar-refractivity contribution in [1.29, 1.82) is 0 Å². The number of sulfonamides is 1. The third-order valence-corrected chi connectivity index (χ3v) is 15.6. The monoisotopic (exact) mass is 954 g/mol. The van der Waals surface area contributed by atoms with Gasteiger partial charge in [-0.1, -0.05) is 26.0 Å². The molecule has 7 atom stereocenters. The number of nitrogens with one attached hydrogen (secondary N) is 1. The maximum Gasteiger partial charge on any atom is 0.438 e. The van der Waals surface area contributed by atoms with Crippen molar-refractivity contribution in [2.24, 2.45) is 29.1 Å². The van der Waals surface area contributed by atoms with Crippen molar-refractivity contribution < 1.29 is 68.6 Å². The van der Waals surface area contributed by atoms with Crippen LogP contribution in [-0.4, -0.2) is 93.4 Å². The summed E-state index contributed by atoms with van der Waals surface area (Å²) in [4.78, 5) is 79.1. The first kappa shape index (κ1) is 50.7. The Kier molecular flexibility index (Phi) is 13.6. The predicted octanol–water partition coefficient (Wildman–Crippen LogP) is 7.91. The molecule has 20 heteroatoms. The predicted molar refractivity (Wildman–Crippen MR) is 229 cm³/mol. The van der Waals surface area contributed by atoms with Gasteiger partial charge in [-0.15, -0.1) is 0 Å². The molecule has 1 aromatic carbocycles. The molecule has 3 heterocycles. The Morgan fingerprint density at radius 1 is 0.939 bits per heavy atom. The highest BCUT2D eigenvalue weighted by atomic mass is 32.2. The molecule has 0 unspecified atom stereocenters. The summed E-state index contributed by atoms with van der Waals surface area (Å²) in [5, 5.41) is 0. The molecule has 1 N–H and O–H groups in total. The van der Waals surface area contributed by atoms with Gasteiger partial charge in [0.05, 0.1) is 51.7 Å². The van der Waals surface area contributed by atoms with Gasteiger partial charge in [0.25, 0.3) is 5.92 Å². The minimum Gasteiger partial charge on any atom is -0.471 e. The van der Waals surface area contributed by atoms with Crippen LogP contribution in [0.3, 0.4) is 0 Å². The molecule has 0 bridgehead atoms. The molecule has 66 heavy (non-hydrogen) atoms. The third kappa shape index (κ3) is 11.0. The summed E-state index contributed by atoms with van der Waals surface area (Å²) < 4.78 is 117. The Morgan fingerprint density at radius 3 is 2.21 bits per heavy atom. The number of fused-ring (bicyclic) bond motifs is 3. The van der Waals surface area contributed by atoms with Gasteiger partial charge in [-0.2, -0.15) is 13.2 Å². The number of nitrogens with zero attached hydrogens (tertiary/aromatic N) is 3. The van der Waals surface area contributed by atoms with E-state index in [1.165, 1.54) is 25.1 Å². The van der Waals surface area contributed by atoms with Crippen molar-refractivity contribution in [3.63, 3.8) is 0 Å². The number of allylic oxidation sites excluding steroid dienone is 2. The fourth-order valence-electron chi connectivity index (χ4n) is 8.61. The molecule has 0 radical (unpaired) electrons. The van der Waals surface area contributed by atoms with E-state index in [9.17, 15) is 54.3 Å². The fourth-order valence-corrected chi connectivity index (χ4v) is 9.94. The van der Waals surface area contributed by atoms with Crippen LogP contribution in [0.25, 0.3) is 11.0 Å². The standard InChI is InChI=1S/C46H59F5N4O10S/c1-25-12-10-11-13-28-22-45(28,40(60)54-66(61,62)43(8)16-17-43)23-34(56)33-20-29(24-55(33)38(58)30(26(2)18-25)21-35(57)64-42(6,7)44(9,47)48)63-37-36(46(49,50)51)52-31-15-14-27(19-32(31)53-37)39(59)65-41(3,4)5/h11,13-15,19,25-26,28-30,33H,10,12,16-18,20-24H2,1-9H3,(H,54,60)/b13-11-/t25-,26-,28-,29-,30+,33+,45-/m1/s1. The first-order valence-corrected chi connectivity index (χ1v) is 23.7. The summed E-state index contributed by atoms with van der Waals surface area (Å²) in [6.45, 7) is 12.1. The van der Waals surface area contributed by atoms with Crippen LogP contribution in [0.15, 0.2) is 30.4 Å². The summed E-state index contributed by atoms with van der Waals surface area (Å²) in [6.07, 6.45) is -2.32. The van der Waals surface area contributed by atoms with Gasteiger partial charge in [-0.05, 0) is 116 Å². The van der Waals surface area contributed by atoms with E-state index in [0.717, 1.165) is 18.7 Å². The zero-order chi connectivity index (χ0) is 49.2. The number of esters is 2. The number of alkyl halides is 5. The van der Waals surface area contributed by atoms with Gasteiger partial charge in [0.2, 0.25) is 33.4 Å². The number of Topliss-reactive ketones (excluding diaryl/α,β-unsaturated/α-hetero) is 1. The Labute approximate surface area is 381 Å². The van der Waals surface area contributed by atoms with Crippen LogP contribution >= 0.6 is 0 Å². The Hall–Kier alpha value is -4.75. The van der Waals surface area contributed by atoms with E-state index in [1.807, 2.05) is 13.0 Å². The van der Waals surface area contributed by atoms with Crippen LogP contribution in [0.1, 0.15) is 136 Å². The summed E-state index contributed by atoms with van der Waals surface area (Å²) in [5.41, 5.74) is -6.69. The maximum absolute atomic E-state index is 15.0. The highest BCUT2D eigenvalue weighted by Gasteiger charge is 2.63. The number of carbonyl (C=O) groups is 5. The fraction of sp³-hybridized carbons (Fsp3) is 0.674. The zero-order valence-corrected chi connectivity index (χ0v) is 39.5. The number of carbonyl (C=O) groups excluding carboxylic acids is 5. The quantitative estimate of drug-likeness (QED) is 0.138. The number of hydrogen-bond acceptors (Lipinski definition) is 12. The van der Waals surface area contributed by atoms with Crippen molar-refractivity contribution in [3.8, 4) is 5.88 Å². The van der Waals surface area contributed by atoms with Gasteiger partial charge < -0.3 is 19.1 Å². The summed E-state index contributed by atoms with van der Waals surface area (Å²) in [6, 6.07) is 2.12. The number of halogens is 5. The number of aromatic nitrogens is 2. The van der Waals surface area contributed by atoms with Crippen LogP contribution in [0, 0.1) is 29.1 Å². The average Bonchev–Trinajstić information content (AvgIpc) is 4.06. The van der Waals surface area contributed by atoms with E-state index in [2.05, 4.69) is 14.7 Å². The third-order valence-electron chi connectivity index (χ3n) is 13.4. The molecule has 1 aromatic heterocycles. The van der Waals surface area contributed by atoms with E-state index < -0.39 is 140 Å². The number of benzene rings is 1. The molecule has 14 nitrogen and oxygen atoms in total. The molecule has 0 spiro atoms. The van der Waals surface area contributed by atoms with Gasteiger partial charge in [0.1, 0.15) is 11.7 Å². The zero-order valence-electron chi connectivity index (χ0n) is 38.6. The van der Waals surface area contributed by atoms with Gasteiger partial charge in [0, 0.05) is 19.8 Å². The highest BCUT2D eigenvalue weighted by Crippen LogP contribution is 2.58. The van der Waals surface area contributed by atoms with Crippen molar-refractivity contribution in [2.45, 2.75) is 160 Å². The van der Waals surface area contributed by atoms with Crippen LogP contribution in [-0.2, 0) is 44.9 Å². The lowest BCUT2D eigenvalue weighted by molar-refractivity contribution is -0.197. The summed E-state index contributed by atoms with van der Waals surface area (Å²) >= 11 is 0. The molecule has 2 saturated carbocycles. The molecule has 3 fully saturated rings. The number of hydrogen-bond donors (Lipinski definition) is 1. The van der Waals surface area contributed by atoms with Gasteiger partial charge in [-0.25, -0.2) is 32.0 Å². The minimum atomic E-state index is -5.12. The molecular formula is C46H59F5N4O10S. The molecule has 2 aliphatic heterocycles. The Balaban J connectivity index is 1.40. The molecular weight excluding hydrogens is 896 g/mol. The van der Waals surface area contributed by atoms with E-state index in [4.69, 9.17) is 14.2 Å². The maximum atomic E-state index is 15.0.